The Morgan fingerprint density at radius 3 is 2.31 bits per heavy atom. The number of nitrogen functional groups attached to an aromatic ring is 1. The molecule has 170 valence electrons. The van der Waals surface area contributed by atoms with Crippen molar-refractivity contribution < 1.29 is 14.2 Å². The second kappa shape index (κ2) is 9.08. The topological polar surface area (TPSA) is 94.8 Å². The van der Waals surface area contributed by atoms with E-state index in [0.717, 1.165) is 43.6 Å². The zero-order valence-corrected chi connectivity index (χ0v) is 19.1. The van der Waals surface area contributed by atoms with Gasteiger partial charge in [0.05, 0.1) is 26.8 Å². The number of hydrogen-bond acceptors (Lipinski definition) is 8. The van der Waals surface area contributed by atoms with Gasteiger partial charge in [0.1, 0.15) is 11.6 Å². The molecule has 0 atom stereocenters. The number of rotatable bonds is 7. The minimum absolute atomic E-state index is 0.0860. The summed E-state index contributed by atoms with van der Waals surface area (Å²) in [6.45, 7) is 2.64. The third-order valence-electron chi connectivity index (χ3n) is 6.34. The number of nitrogens with zero attached hydrogens (tertiary/aromatic N) is 3. The molecular weight excluding hydrogens is 406 g/mol. The van der Waals surface area contributed by atoms with Crippen LogP contribution in [0.25, 0.3) is 10.9 Å². The molecular formula is C24H31N5O3. The van der Waals surface area contributed by atoms with Gasteiger partial charge < -0.3 is 30.2 Å². The van der Waals surface area contributed by atoms with Crippen LogP contribution >= 0.6 is 0 Å². The van der Waals surface area contributed by atoms with E-state index < -0.39 is 0 Å². The predicted molar refractivity (Wildman–Crippen MR) is 127 cm³/mol. The molecule has 1 fully saturated rings. The molecule has 0 radical (unpaired) electrons. The van der Waals surface area contributed by atoms with Crippen LogP contribution in [0, 0.1) is 0 Å². The molecule has 0 aliphatic carbocycles. The van der Waals surface area contributed by atoms with Crippen molar-refractivity contribution in [3.63, 3.8) is 0 Å². The minimum Gasteiger partial charge on any atom is -0.496 e. The van der Waals surface area contributed by atoms with Crippen molar-refractivity contribution >= 4 is 22.7 Å². The first-order valence-electron chi connectivity index (χ1n) is 10.8. The van der Waals surface area contributed by atoms with E-state index in [0.29, 0.717) is 28.8 Å². The third-order valence-corrected chi connectivity index (χ3v) is 6.34. The third kappa shape index (κ3) is 3.98. The zero-order valence-electron chi connectivity index (χ0n) is 19.1. The molecule has 8 heteroatoms. The quantitative estimate of drug-likeness (QED) is 0.583. The Balaban J connectivity index is 1.73. The summed E-state index contributed by atoms with van der Waals surface area (Å²) in [5.74, 6) is 3.11. The molecule has 0 saturated carbocycles. The molecule has 3 aromatic rings. The van der Waals surface area contributed by atoms with E-state index in [1.54, 1.807) is 21.3 Å². The fraction of sp³-hybridized carbons (Fsp3) is 0.417. The normalized spacial score (nSPS) is 15.4. The molecule has 3 N–H and O–H groups in total. The standard InChI is InChI=1S/C24H31N5O3/c1-29(15-24(9-11-26-12-10-24)17-7-5-6-8-19(17)30-2)23-27-18-14-21(32-4)20(31-3)13-16(18)22(25)28-23/h5-8,13-14,26H,9-12,15H2,1-4H3,(H2,25,27,28). The maximum atomic E-state index is 6.33. The Bertz CT molecular complexity index is 1100. The van der Waals surface area contributed by atoms with Crippen LogP contribution in [0.3, 0.4) is 0 Å². The monoisotopic (exact) mass is 437 g/mol. The van der Waals surface area contributed by atoms with Crippen molar-refractivity contribution in [1.29, 1.82) is 0 Å². The van der Waals surface area contributed by atoms with Gasteiger partial charge in [-0.25, -0.2) is 4.98 Å². The van der Waals surface area contributed by atoms with Crippen LogP contribution in [0.15, 0.2) is 36.4 Å². The number of aromatic nitrogens is 2. The number of anilines is 2. The first-order chi connectivity index (χ1) is 15.5. The van der Waals surface area contributed by atoms with Crippen molar-refractivity contribution in [1.82, 2.24) is 15.3 Å². The molecule has 4 rings (SSSR count). The van der Waals surface area contributed by atoms with Crippen LogP contribution in [0.4, 0.5) is 11.8 Å². The molecule has 2 aromatic carbocycles. The molecule has 0 amide bonds. The number of benzene rings is 2. The van der Waals surface area contributed by atoms with Crippen molar-refractivity contribution in [2.45, 2.75) is 18.3 Å². The lowest BCUT2D eigenvalue weighted by Gasteiger charge is -2.41. The second-order valence-electron chi connectivity index (χ2n) is 8.22. The maximum Gasteiger partial charge on any atom is 0.227 e. The number of likely N-dealkylation sites (N-methyl/N-ethyl adjacent to an activating group) is 1. The molecule has 32 heavy (non-hydrogen) atoms. The van der Waals surface area contributed by atoms with E-state index in [1.807, 2.05) is 31.3 Å². The summed E-state index contributed by atoms with van der Waals surface area (Å²) in [7, 11) is 6.95. The van der Waals surface area contributed by atoms with Crippen molar-refractivity contribution in [2.75, 3.05) is 58.6 Å². The highest BCUT2D eigenvalue weighted by Crippen LogP contribution is 2.40. The molecule has 1 aromatic heterocycles. The fourth-order valence-corrected chi connectivity index (χ4v) is 4.66. The van der Waals surface area contributed by atoms with Gasteiger partial charge >= 0.3 is 0 Å². The summed E-state index contributed by atoms with van der Waals surface area (Å²) in [6, 6.07) is 11.9. The van der Waals surface area contributed by atoms with Gasteiger partial charge in [-0.1, -0.05) is 18.2 Å². The summed E-state index contributed by atoms with van der Waals surface area (Å²) < 4.78 is 16.6. The second-order valence-corrected chi connectivity index (χ2v) is 8.22. The van der Waals surface area contributed by atoms with Crippen LogP contribution in [-0.2, 0) is 5.41 Å². The van der Waals surface area contributed by atoms with Gasteiger partial charge in [0, 0.05) is 36.0 Å². The lowest BCUT2D eigenvalue weighted by atomic mass is 9.72. The summed E-state index contributed by atoms with van der Waals surface area (Å²) in [6.07, 6.45) is 1.98. The number of fused-ring (bicyclic) bond motifs is 1. The summed E-state index contributed by atoms with van der Waals surface area (Å²) in [5.41, 5.74) is 8.18. The van der Waals surface area contributed by atoms with Gasteiger partial charge in [-0.05, 0) is 38.1 Å². The molecule has 0 unspecified atom stereocenters. The lowest BCUT2D eigenvalue weighted by Crippen LogP contribution is -2.47. The molecule has 0 bridgehead atoms. The smallest absolute Gasteiger partial charge is 0.227 e. The van der Waals surface area contributed by atoms with Crippen molar-refractivity contribution in [2.24, 2.45) is 0 Å². The van der Waals surface area contributed by atoms with E-state index in [1.165, 1.54) is 5.56 Å². The van der Waals surface area contributed by atoms with Gasteiger partial charge in [0.15, 0.2) is 11.5 Å². The number of piperidine rings is 1. The largest absolute Gasteiger partial charge is 0.496 e. The van der Waals surface area contributed by atoms with E-state index in [-0.39, 0.29) is 5.41 Å². The Labute approximate surface area is 188 Å². The van der Waals surface area contributed by atoms with Crippen LogP contribution in [0.1, 0.15) is 18.4 Å². The van der Waals surface area contributed by atoms with E-state index in [4.69, 9.17) is 24.9 Å². The van der Waals surface area contributed by atoms with Crippen molar-refractivity contribution in [3.8, 4) is 17.2 Å². The predicted octanol–water partition coefficient (Wildman–Crippen LogP) is 3.00. The molecule has 0 spiro atoms. The van der Waals surface area contributed by atoms with Crippen molar-refractivity contribution in [3.05, 3.63) is 42.0 Å². The Morgan fingerprint density at radius 1 is 0.969 bits per heavy atom. The van der Waals surface area contributed by atoms with Gasteiger partial charge in [-0.3, -0.25) is 0 Å². The molecule has 2 heterocycles. The number of methoxy groups -OCH3 is 3. The van der Waals surface area contributed by atoms with Gasteiger partial charge in [-0.15, -0.1) is 0 Å². The van der Waals surface area contributed by atoms with Gasteiger partial charge in [-0.2, -0.15) is 4.98 Å². The average Bonchev–Trinajstić information content (AvgIpc) is 2.83. The van der Waals surface area contributed by atoms with E-state index in [9.17, 15) is 0 Å². The zero-order chi connectivity index (χ0) is 22.7. The fourth-order valence-electron chi connectivity index (χ4n) is 4.66. The number of hydrogen-bond donors (Lipinski definition) is 2. The lowest BCUT2D eigenvalue weighted by molar-refractivity contribution is 0.297. The summed E-state index contributed by atoms with van der Waals surface area (Å²) >= 11 is 0. The molecule has 1 aliphatic heterocycles. The molecule has 1 saturated heterocycles. The summed E-state index contributed by atoms with van der Waals surface area (Å²) in [5, 5.41) is 4.22. The number of nitrogens with two attached hydrogens (primary N) is 1. The number of ether oxygens (including phenoxy) is 3. The van der Waals surface area contributed by atoms with Crippen LogP contribution in [0.2, 0.25) is 0 Å². The summed E-state index contributed by atoms with van der Waals surface area (Å²) in [4.78, 5) is 11.5. The highest BCUT2D eigenvalue weighted by atomic mass is 16.5. The average molecular weight is 438 g/mol. The number of para-hydroxylation sites is 1. The van der Waals surface area contributed by atoms with E-state index >= 15 is 0 Å². The number of nitrogens with one attached hydrogen (secondary N) is 1. The van der Waals surface area contributed by atoms with Crippen LogP contribution in [-0.4, -0.2) is 58.0 Å². The van der Waals surface area contributed by atoms with Crippen LogP contribution in [0.5, 0.6) is 17.2 Å². The maximum absolute atomic E-state index is 6.33. The SMILES string of the molecule is COc1cc2nc(N(C)CC3(c4ccccc4OC)CCNCC3)nc(N)c2cc1OC. The Hall–Kier alpha value is -3.26. The van der Waals surface area contributed by atoms with Crippen LogP contribution < -0.4 is 30.2 Å². The highest BCUT2D eigenvalue weighted by Gasteiger charge is 2.37. The van der Waals surface area contributed by atoms with E-state index in [2.05, 4.69) is 27.3 Å². The molecule has 8 nitrogen and oxygen atoms in total. The van der Waals surface area contributed by atoms with Gasteiger partial charge in [0.2, 0.25) is 5.95 Å². The van der Waals surface area contributed by atoms with Gasteiger partial charge in [0.25, 0.3) is 0 Å². The minimum atomic E-state index is -0.0860. The highest BCUT2D eigenvalue weighted by molar-refractivity contribution is 5.91. The first-order valence-corrected chi connectivity index (χ1v) is 10.8. The Morgan fingerprint density at radius 2 is 1.62 bits per heavy atom. The molecule has 1 aliphatic rings. The Kier molecular flexibility index (Phi) is 6.23. The first kappa shape index (κ1) is 22.0.